The van der Waals surface area contributed by atoms with Crippen molar-refractivity contribution in [2.24, 2.45) is 0 Å². The lowest BCUT2D eigenvalue weighted by Gasteiger charge is -1.99. The van der Waals surface area contributed by atoms with Gasteiger partial charge in [0.25, 0.3) is 0 Å². The van der Waals surface area contributed by atoms with Gasteiger partial charge >= 0.3 is 0 Å². The summed E-state index contributed by atoms with van der Waals surface area (Å²) < 4.78 is 6.39. The van der Waals surface area contributed by atoms with Crippen molar-refractivity contribution < 1.29 is 4.52 Å². The summed E-state index contributed by atoms with van der Waals surface area (Å²) in [4.78, 5) is 4.48. The van der Waals surface area contributed by atoms with Crippen LogP contribution < -0.4 is 5.32 Å². The summed E-state index contributed by atoms with van der Waals surface area (Å²) in [6.45, 7) is 2.00. The van der Waals surface area contributed by atoms with Gasteiger partial charge in [-0.3, -0.25) is 0 Å². The molecule has 94 valence electrons. The fraction of sp³-hybridized carbons (Fsp3) is 0.385. The molecule has 1 N–H and O–H groups in total. The van der Waals surface area contributed by atoms with E-state index in [-0.39, 0.29) is 0 Å². The van der Waals surface area contributed by atoms with Crippen LogP contribution in [0.4, 0.5) is 0 Å². The van der Waals surface area contributed by atoms with Crippen LogP contribution in [0.15, 0.2) is 33.3 Å². The molecule has 0 saturated carbocycles. The molecule has 1 saturated heterocycles. The Morgan fingerprint density at radius 2 is 2.17 bits per heavy atom. The first kappa shape index (κ1) is 11.9. The van der Waals surface area contributed by atoms with E-state index in [2.05, 4.69) is 43.5 Å². The summed E-state index contributed by atoms with van der Waals surface area (Å²) in [5, 5.41) is 7.39. The fourth-order valence-corrected chi connectivity index (χ4v) is 2.42. The number of hydrogen-bond donors (Lipinski definition) is 1. The second-order valence-corrected chi connectivity index (χ2v) is 5.45. The molecule has 3 rings (SSSR count). The van der Waals surface area contributed by atoms with Crippen molar-refractivity contribution in [3.05, 3.63) is 46.0 Å². The second-order valence-electron chi connectivity index (χ2n) is 4.54. The molecule has 1 atom stereocenters. The van der Waals surface area contributed by atoms with Gasteiger partial charge in [-0.25, -0.2) is 0 Å². The third-order valence-electron chi connectivity index (χ3n) is 3.18. The standard InChI is InChI=1S/C13H14BrN3O/c14-11-3-1-9(2-4-11)7-12-16-13(17-18-12)10-5-6-15-8-10/h1-4,10,15H,5-8H2. The molecule has 1 unspecified atom stereocenters. The summed E-state index contributed by atoms with van der Waals surface area (Å²) in [6, 6.07) is 8.16. The molecule has 1 aromatic carbocycles. The highest BCUT2D eigenvalue weighted by Crippen LogP contribution is 2.20. The largest absolute Gasteiger partial charge is 0.339 e. The van der Waals surface area contributed by atoms with E-state index in [9.17, 15) is 0 Å². The number of halogens is 1. The zero-order valence-electron chi connectivity index (χ0n) is 9.90. The lowest BCUT2D eigenvalue weighted by Crippen LogP contribution is -2.08. The Balaban J connectivity index is 1.71. The Hall–Kier alpha value is -1.20. The lowest BCUT2D eigenvalue weighted by molar-refractivity contribution is 0.376. The molecule has 1 aliphatic rings. The van der Waals surface area contributed by atoms with Crippen LogP contribution in [0.5, 0.6) is 0 Å². The van der Waals surface area contributed by atoms with Gasteiger partial charge in [0.2, 0.25) is 5.89 Å². The van der Waals surface area contributed by atoms with Gasteiger partial charge in [-0.15, -0.1) is 0 Å². The van der Waals surface area contributed by atoms with Crippen LogP contribution in [-0.4, -0.2) is 23.2 Å². The predicted molar refractivity (Wildman–Crippen MR) is 71.5 cm³/mol. The Bertz CT molecular complexity index is 517. The first-order valence-corrected chi connectivity index (χ1v) is 6.88. The molecule has 2 heterocycles. The molecule has 18 heavy (non-hydrogen) atoms. The highest BCUT2D eigenvalue weighted by atomic mass is 79.9. The minimum absolute atomic E-state index is 0.410. The van der Waals surface area contributed by atoms with Crippen molar-refractivity contribution in [2.75, 3.05) is 13.1 Å². The van der Waals surface area contributed by atoms with Crippen molar-refractivity contribution >= 4 is 15.9 Å². The molecular weight excluding hydrogens is 294 g/mol. The van der Waals surface area contributed by atoms with Crippen LogP contribution in [-0.2, 0) is 6.42 Å². The van der Waals surface area contributed by atoms with Gasteiger partial charge in [-0.1, -0.05) is 33.2 Å². The van der Waals surface area contributed by atoms with Gasteiger partial charge < -0.3 is 9.84 Å². The maximum absolute atomic E-state index is 5.31. The highest BCUT2D eigenvalue weighted by molar-refractivity contribution is 9.10. The van der Waals surface area contributed by atoms with E-state index >= 15 is 0 Å². The van der Waals surface area contributed by atoms with Crippen LogP contribution in [0, 0.1) is 0 Å². The average molecular weight is 308 g/mol. The van der Waals surface area contributed by atoms with E-state index in [1.165, 1.54) is 5.56 Å². The average Bonchev–Trinajstić information content (AvgIpc) is 3.02. The van der Waals surface area contributed by atoms with E-state index in [1.54, 1.807) is 0 Å². The first-order valence-electron chi connectivity index (χ1n) is 6.09. The zero-order valence-corrected chi connectivity index (χ0v) is 11.5. The van der Waals surface area contributed by atoms with Crippen LogP contribution >= 0.6 is 15.9 Å². The molecule has 1 fully saturated rings. The summed E-state index contributed by atoms with van der Waals surface area (Å²) >= 11 is 3.42. The zero-order chi connectivity index (χ0) is 12.4. The number of benzene rings is 1. The SMILES string of the molecule is Brc1ccc(Cc2nc(C3CCNC3)no2)cc1. The minimum Gasteiger partial charge on any atom is -0.339 e. The Morgan fingerprint density at radius 3 is 2.89 bits per heavy atom. The van der Waals surface area contributed by atoms with E-state index < -0.39 is 0 Å². The number of nitrogens with zero attached hydrogens (tertiary/aromatic N) is 2. The van der Waals surface area contributed by atoms with E-state index in [1.807, 2.05) is 12.1 Å². The third kappa shape index (κ3) is 2.62. The Kier molecular flexibility index (Phi) is 3.43. The second kappa shape index (κ2) is 5.20. The van der Waals surface area contributed by atoms with E-state index in [0.29, 0.717) is 18.2 Å². The van der Waals surface area contributed by atoms with Crippen molar-refractivity contribution in [3.63, 3.8) is 0 Å². The van der Waals surface area contributed by atoms with Crippen molar-refractivity contribution in [3.8, 4) is 0 Å². The molecule has 1 aliphatic heterocycles. The van der Waals surface area contributed by atoms with Crippen LogP contribution in [0.2, 0.25) is 0 Å². The maximum Gasteiger partial charge on any atom is 0.231 e. The summed E-state index contributed by atoms with van der Waals surface area (Å²) in [7, 11) is 0. The predicted octanol–water partition coefficient (Wildman–Crippen LogP) is 2.50. The minimum atomic E-state index is 0.410. The van der Waals surface area contributed by atoms with Gasteiger partial charge in [0.15, 0.2) is 5.82 Å². The van der Waals surface area contributed by atoms with Gasteiger partial charge in [-0.2, -0.15) is 4.98 Å². The molecule has 0 radical (unpaired) electrons. The normalized spacial score (nSPS) is 19.3. The van der Waals surface area contributed by atoms with Crippen LogP contribution in [0.1, 0.15) is 29.6 Å². The number of hydrogen-bond acceptors (Lipinski definition) is 4. The van der Waals surface area contributed by atoms with Crippen LogP contribution in [0.25, 0.3) is 0 Å². The monoisotopic (exact) mass is 307 g/mol. The fourth-order valence-electron chi connectivity index (χ4n) is 2.16. The maximum atomic E-state index is 5.31. The first-order chi connectivity index (χ1) is 8.81. The topological polar surface area (TPSA) is 51.0 Å². The molecule has 1 aromatic heterocycles. The lowest BCUT2D eigenvalue weighted by atomic mass is 10.1. The number of rotatable bonds is 3. The van der Waals surface area contributed by atoms with Gasteiger partial charge in [0.1, 0.15) is 0 Å². The summed E-state index contributed by atoms with van der Waals surface area (Å²) in [6.07, 6.45) is 1.79. The molecule has 0 amide bonds. The van der Waals surface area contributed by atoms with E-state index in [0.717, 1.165) is 29.8 Å². The highest BCUT2D eigenvalue weighted by Gasteiger charge is 2.21. The quantitative estimate of drug-likeness (QED) is 0.946. The van der Waals surface area contributed by atoms with Crippen molar-refractivity contribution in [1.29, 1.82) is 0 Å². The Labute approximate surface area is 114 Å². The molecule has 2 aromatic rings. The van der Waals surface area contributed by atoms with Crippen molar-refractivity contribution in [1.82, 2.24) is 15.5 Å². The summed E-state index contributed by atoms with van der Waals surface area (Å²) in [5.41, 5.74) is 1.18. The molecule has 5 heteroatoms. The molecule has 0 bridgehead atoms. The van der Waals surface area contributed by atoms with E-state index in [4.69, 9.17) is 4.52 Å². The van der Waals surface area contributed by atoms with Gasteiger partial charge in [0, 0.05) is 16.9 Å². The number of aromatic nitrogens is 2. The molecule has 0 aliphatic carbocycles. The number of nitrogens with one attached hydrogen (secondary N) is 1. The molecule has 4 nitrogen and oxygen atoms in total. The van der Waals surface area contributed by atoms with Gasteiger partial charge in [-0.05, 0) is 30.7 Å². The summed E-state index contributed by atoms with van der Waals surface area (Å²) in [5.74, 6) is 1.94. The smallest absolute Gasteiger partial charge is 0.231 e. The van der Waals surface area contributed by atoms with Crippen LogP contribution in [0.3, 0.4) is 0 Å². The van der Waals surface area contributed by atoms with Crippen molar-refractivity contribution in [2.45, 2.75) is 18.8 Å². The Morgan fingerprint density at radius 1 is 1.33 bits per heavy atom. The third-order valence-corrected chi connectivity index (χ3v) is 3.71. The van der Waals surface area contributed by atoms with Gasteiger partial charge in [0.05, 0.1) is 6.42 Å². The molecule has 0 spiro atoms. The molecular formula is C13H14BrN3O.